The minimum atomic E-state index is -0.540. The second-order valence-corrected chi connectivity index (χ2v) is 6.58. The predicted molar refractivity (Wildman–Crippen MR) is 103 cm³/mol. The second kappa shape index (κ2) is 8.81. The fraction of sp³-hybridized carbons (Fsp3) is 0.381. The van der Waals surface area contributed by atoms with Crippen LogP contribution in [-0.4, -0.2) is 49.1 Å². The van der Waals surface area contributed by atoms with Crippen LogP contribution in [0.3, 0.4) is 0 Å². The molecule has 8 heteroatoms. The first-order chi connectivity index (χ1) is 13.9. The predicted octanol–water partition coefficient (Wildman–Crippen LogP) is 2.55. The molecule has 1 aliphatic heterocycles. The van der Waals surface area contributed by atoms with Gasteiger partial charge in [0.05, 0.1) is 24.3 Å². The van der Waals surface area contributed by atoms with Crippen molar-refractivity contribution in [2.45, 2.75) is 27.2 Å². The van der Waals surface area contributed by atoms with Gasteiger partial charge in [-0.05, 0) is 44.0 Å². The summed E-state index contributed by atoms with van der Waals surface area (Å²) in [5.74, 6) is -0.230. The van der Waals surface area contributed by atoms with Gasteiger partial charge in [0.25, 0.3) is 0 Å². The van der Waals surface area contributed by atoms with Crippen LogP contribution in [-0.2, 0) is 20.7 Å². The van der Waals surface area contributed by atoms with Crippen molar-refractivity contribution in [1.82, 2.24) is 4.98 Å². The average molecular weight is 401 g/mol. The number of aromatic nitrogens is 1. The zero-order chi connectivity index (χ0) is 21.0. The third-order valence-corrected chi connectivity index (χ3v) is 4.52. The number of ether oxygens (including phenoxy) is 4. The van der Waals surface area contributed by atoms with E-state index in [9.17, 15) is 14.4 Å². The molecular formula is C21H23NO7. The Bertz CT molecular complexity index is 945. The molecule has 1 aromatic heterocycles. The Hall–Kier alpha value is -3.29. The quantitative estimate of drug-likeness (QED) is 0.562. The summed E-state index contributed by atoms with van der Waals surface area (Å²) in [6, 6.07) is 5.21. The third-order valence-electron chi connectivity index (χ3n) is 4.52. The first kappa shape index (κ1) is 20.4. The van der Waals surface area contributed by atoms with Crippen molar-refractivity contribution in [3.63, 3.8) is 0 Å². The van der Waals surface area contributed by atoms with Gasteiger partial charge >= 0.3 is 11.9 Å². The molecule has 0 amide bonds. The summed E-state index contributed by atoms with van der Waals surface area (Å²) < 4.78 is 21.1. The number of hydrogen-bond acceptors (Lipinski definition) is 7. The smallest absolute Gasteiger partial charge is 0.340 e. The SMILES string of the molecule is CCOC(=O)c1c(C)[nH]c(C(=O)COC(=O)Cc2ccc3c(c2)OCCO3)c1C. The van der Waals surface area contributed by atoms with Crippen molar-refractivity contribution in [1.29, 1.82) is 0 Å². The molecule has 154 valence electrons. The Morgan fingerprint density at radius 2 is 1.79 bits per heavy atom. The molecule has 0 aliphatic carbocycles. The van der Waals surface area contributed by atoms with E-state index in [0.717, 1.165) is 0 Å². The molecule has 0 bridgehead atoms. The summed E-state index contributed by atoms with van der Waals surface area (Å²) in [7, 11) is 0. The third kappa shape index (κ3) is 4.59. The number of nitrogens with one attached hydrogen (secondary N) is 1. The number of fused-ring (bicyclic) bond motifs is 1. The molecule has 0 saturated carbocycles. The lowest BCUT2D eigenvalue weighted by molar-refractivity contribution is -0.141. The van der Waals surface area contributed by atoms with Crippen LogP contribution in [0.2, 0.25) is 0 Å². The van der Waals surface area contributed by atoms with E-state index < -0.39 is 24.3 Å². The number of benzene rings is 1. The van der Waals surface area contributed by atoms with Crippen LogP contribution in [0.25, 0.3) is 0 Å². The number of carbonyl (C=O) groups excluding carboxylic acids is 3. The minimum Gasteiger partial charge on any atom is -0.486 e. The van der Waals surface area contributed by atoms with Gasteiger partial charge in [0.15, 0.2) is 18.1 Å². The second-order valence-electron chi connectivity index (χ2n) is 6.58. The van der Waals surface area contributed by atoms with Crippen molar-refractivity contribution < 1.29 is 33.3 Å². The van der Waals surface area contributed by atoms with E-state index in [0.29, 0.717) is 47.1 Å². The van der Waals surface area contributed by atoms with E-state index in [1.165, 1.54) is 0 Å². The number of esters is 2. The van der Waals surface area contributed by atoms with Crippen LogP contribution in [0.15, 0.2) is 18.2 Å². The zero-order valence-corrected chi connectivity index (χ0v) is 16.6. The van der Waals surface area contributed by atoms with Crippen molar-refractivity contribution >= 4 is 17.7 Å². The summed E-state index contributed by atoms with van der Waals surface area (Å²) in [5.41, 5.74) is 2.28. The van der Waals surface area contributed by atoms with Gasteiger partial charge in [-0.3, -0.25) is 9.59 Å². The Morgan fingerprint density at radius 1 is 1.07 bits per heavy atom. The van der Waals surface area contributed by atoms with Gasteiger partial charge in [-0.25, -0.2) is 4.79 Å². The normalized spacial score (nSPS) is 12.4. The molecule has 0 atom stereocenters. The molecule has 3 rings (SSSR count). The minimum absolute atomic E-state index is 0.000726. The largest absolute Gasteiger partial charge is 0.486 e. The van der Waals surface area contributed by atoms with Crippen LogP contribution in [0.1, 0.15) is 44.6 Å². The van der Waals surface area contributed by atoms with Crippen molar-refractivity contribution in [2.75, 3.05) is 26.4 Å². The molecule has 0 radical (unpaired) electrons. The van der Waals surface area contributed by atoms with E-state index in [1.54, 1.807) is 39.0 Å². The number of Topliss-reactive ketones (excluding diaryl/α,β-unsaturated/α-hetero) is 1. The Labute approximate surface area is 168 Å². The molecule has 0 spiro atoms. The lowest BCUT2D eigenvalue weighted by Crippen LogP contribution is -2.18. The lowest BCUT2D eigenvalue weighted by Gasteiger charge is -2.18. The number of aryl methyl sites for hydroxylation is 1. The Morgan fingerprint density at radius 3 is 2.52 bits per heavy atom. The van der Waals surface area contributed by atoms with Crippen molar-refractivity contribution in [3.8, 4) is 11.5 Å². The van der Waals surface area contributed by atoms with Gasteiger partial charge < -0.3 is 23.9 Å². The van der Waals surface area contributed by atoms with Crippen LogP contribution in [0, 0.1) is 13.8 Å². The number of H-pyrrole nitrogens is 1. The summed E-state index contributed by atoms with van der Waals surface area (Å²) in [6.07, 6.45) is 0.000726. The monoisotopic (exact) mass is 401 g/mol. The van der Waals surface area contributed by atoms with Crippen LogP contribution in [0.5, 0.6) is 11.5 Å². The van der Waals surface area contributed by atoms with E-state index >= 15 is 0 Å². The summed E-state index contributed by atoms with van der Waals surface area (Å²) in [4.78, 5) is 39.5. The molecule has 1 aliphatic rings. The maximum absolute atomic E-state index is 12.5. The summed E-state index contributed by atoms with van der Waals surface area (Å²) in [5, 5.41) is 0. The maximum atomic E-state index is 12.5. The van der Waals surface area contributed by atoms with Crippen molar-refractivity contribution in [2.24, 2.45) is 0 Å². The number of hydrogen-bond donors (Lipinski definition) is 1. The molecule has 8 nitrogen and oxygen atoms in total. The van der Waals surface area contributed by atoms with E-state index in [4.69, 9.17) is 18.9 Å². The molecule has 29 heavy (non-hydrogen) atoms. The molecule has 2 aromatic rings. The molecule has 1 aromatic carbocycles. The Balaban J connectivity index is 1.60. The highest BCUT2D eigenvalue weighted by molar-refractivity contribution is 6.02. The molecule has 0 fully saturated rings. The highest BCUT2D eigenvalue weighted by Gasteiger charge is 2.23. The highest BCUT2D eigenvalue weighted by Crippen LogP contribution is 2.31. The van der Waals surface area contributed by atoms with Gasteiger partial charge in [-0.2, -0.15) is 0 Å². The van der Waals surface area contributed by atoms with E-state index in [-0.39, 0.29) is 18.7 Å². The molecule has 0 saturated heterocycles. The molecular weight excluding hydrogens is 378 g/mol. The van der Waals surface area contributed by atoms with Gasteiger partial charge in [0.2, 0.25) is 5.78 Å². The van der Waals surface area contributed by atoms with Gasteiger partial charge in [-0.15, -0.1) is 0 Å². The van der Waals surface area contributed by atoms with Gasteiger partial charge in [0, 0.05) is 5.69 Å². The first-order valence-corrected chi connectivity index (χ1v) is 9.34. The molecule has 2 heterocycles. The maximum Gasteiger partial charge on any atom is 0.340 e. The van der Waals surface area contributed by atoms with E-state index in [2.05, 4.69) is 4.98 Å². The average Bonchev–Trinajstić information content (AvgIpc) is 3.00. The fourth-order valence-corrected chi connectivity index (χ4v) is 3.17. The number of carbonyl (C=O) groups is 3. The van der Waals surface area contributed by atoms with Crippen molar-refractivity contribution in [3.05, 3.63) is 46.3 Å². The topological polar surface area (TPSA) is 104 Å². The number of rotatable bonds is 7. The van der Waals surface area contributed by atoms with E-state index in [1.807, 2.05) is 0 Å². The van der Waals surface area contributed by atoms with Crippen LogP contribution in [0.4, 0.5) is 0 Å². The van der Waals surface area contributed by atoms with Crippen LogP contribution < -0.4 is 9.47 Å². The fourth-order valence-electron chi connectivity index (χ4n) is 3.17. The Kier molecular flexibility index (Phi) is 6.21. The van der Waals surface area contributed by atoms with Crippen LogP contribution >= 0.6 is 0 Å². The number of ketones is 1. The van der Waals surface area contributed by atoms with Gasteiger partial charge in [0.1, 0.15) is 13.2 Å². The zero-order valence-electron chi connectivity index (χ0n) is 16.6. The molecule has 1 N–H and O–H groups in total. The molecule has 0 unspecified atom stereocenters. The number of aromatic amines is 1. The lowest BCUT2D eigenvalue weighted by atomic mass is 10.1. The standard InChI is InChI=1S/C21H23NO7/c1-4-26-21(25)19-12(2)20(22-13(19)3)15(23)11-29-18(24)10-14-5-6-16-17(9-14)28-8-7-27-16/h5-6,9,22H,4,7-8,10-11H2,1-3H3. The van der Waals surface area contributed by atoms with Gasteiger partial charge in [-0.1, -0.05) is 6.07 Å². The first-order valence-electron chi connectivity index (χ1n) is 9.34. The summed E-state index contributed by atoms with van der Waals surface area (Å²) >= 11 is 0. The highest BCUT2D eigenvalue weighted by atomic mass is 16.6. The summed E-state index contributed by atoms with van der Waals surface area (Å²) in [6.45, 7) is 5.81.